The zero-order valence-corrected chi connectivity index (χ0v) is 25.2. The third-order valence-electron chi connectivity index (χ3n) is 6.51. The van der Waals surface area contributed by atoms with E-state index in [9.17, 15) is 13.2 Å². The van der Waals surface area contributed by atoms with Gasteiger partial charge in [-0.1, -0.05) is 36.4 Å². The number of carbonyl (C=O) groups is 1. The second-order valence-corrected chi connectivity index (χ2v) is 13.9. The summed E-state index contributed by atoms with van der Waals surface area (Å²) < 4.78 is 41.8. The van der Waals surface area contributed by atoms with Crippen molar-refractivity contribution in [1.29, 1.82) is 5.41 Å². The summed E-state index contributed by atoms with van der Waals surface area (Å²) in [6.07, 6.45) is -0.206. The number of benzene rings is 3. The molecule has 0 spiro atoms. The van der Waals surface area contributed by atoms with Crippen molar-refractivity contribution < 1.29 is 22.7 Å². The van der Waals surface area contributed by atoms with Crippen molar-refractivity contribution in [3.8, 4) is 5.75 Å². The molecule has 2 heterocycles. The first kappa shape index (κ1) is 29.5. The van der Waals surface area contributed by atoms with E-state index < -0.39 is 21.7 Å². The van der Waals surface area contributed by atoms with Crippen molar-refractivity contribution >= 4 is 43.5 Å². The molecule has 42 heavy (non-hydrogen) atoms. The summed E-state index contributed by atoms with van der Waals surface area (Å²) in [5.41, 5.74) is 7.22. The van der Waals surface area contributed by atoms with Gasteiger partial charge < -0.3 is 20.1 Å². The second kappa shape index (κ2) is 11.7. The summed E-state index contributed by atoms with van der Waals surface area (Å²) in [6, 6.07) is 20.3. The zero-order valence-electron chi connectivity index (χ0n) is 23.5. The van der Waals surface area contributed by atoms with Crippen LogP contribution in [0.2, 0.25) is 0 Å². The number of nitrogens with one attached hydrogen (secondary N) is 2. The quantitative estimate of drug-likeness (QED) is 0.182. The van der Waals surface area contributed by atoms with Crippen LogP contribution < -0.4 is 15.2 Å². The largest absolute Gasteiger partial charge is 0.487 e. The molecular formula is C30H33N5O5S2. The Bertz CT molecular complexity index is 1710. The van der Waals surface area contributed by atoms with E-state index in [1.807, 2.05) is 45.0 Å². The van der Waals surface area contributed by atoms with E-state index >= 15 is 0 Å². The minimum absolute atomic E-state index is 0.0635. The molecule has 1 aliphatic heterocycles. The summed E-state index contributed by atoms with van der Waals surface area (Å²) in [7, 11) is -3.85. The Labute approximate surface area is 249 Å². The number of nitrogens with zero attached hydrogens (tertiary/aromatic N) is 2. The number of thiazole rings is 1. The summed E-state index contributed by atoms with van der Waals surface area (Å²) in [6.45, 7) is 6.36. The minimum Gasteiger partial charge on any atom is -0.487 e. The predicted octanol–water partition coefficient (Wildman–Crippen LogP) is 4.84. The number of nitrogens with two attached hydrogens (primary N) is 1. The third kappa shape index (κ3) is 7.07. The highest BCUT2D eigenvalue weighted by molar-refractivity contribution is 7.89. The fourth-order valence-electron chi connectivity index (χ4n) is 4.46. The van der Waals surface area contributed by atoms with Gasteiger partial charge in [-0.05, 0) is 69.2 Å². The number of fused-ring (bicyclic) bond motifs is 1. The Kier molecular flexibility index (Phi) is 8.22. The van der Waals surface area contributed by atoms with Gasteiger partial charge in [0.2, 0.25) is 10.0 Å². The predicted molar refractivity (Wildman–Crippen MR) is 163 cm³/mol. The van der Waals surface area contributed by atoms with Gasteiger partial charge in [0.1, 0.15) is 28.3 Å². The van der Waals surface area contributed by atoms with Crippen molar-refractivity contribution in [1.82, 2.24) is 14.6 Å². The Morgan fingerprint density at radius 1 is 1.12 bits per heavy atom. The molecule has 0 bridgehead atoms. The van der Waals surface area contributed by atoms with Gasteiger partial charge in [0.15, 0.2) is 0 Å². The first-order valence-electron chi connectivity index (χ1n) is 13.4. The molecule has 1 saturated heterocycles. The van der Waals surface area contributed by atoms with Gasteiger partial charge in [-0.2, -0.15) is 0 Å². The van der Waals surface area contributed by atoms with Crippen LogP contribution in [0, 0.1) is 5.41 Å². The van der Waals surface area contributed by atoms with E-state index in [4.69, 9.17) is 25.6 Å². The molecular weight excluding hydrogens is 574 g/mol. The molecule has 10 nitrogen and oxygen atoms in total. The van der Waals surface area contributed by atoms with Crippen LogP contribution in [0.25, 0.3) is 10.2 Å². The van der Waals surface area contributed by atoms with E-state index in [1.54, 1.807) is 53.4 Å². The van der Waals surface area contributed by atoms with Crippen LogP contribution in [0.5, 0.6) is 5.75 Å². The number of hydrogen-bond donors (Lipinski definition) is 3. The summed E-state index contributed by atoms with van der Waals surface area (Å²) in [5, 5.41) is 8.37. The number of ether oxygens (including phenoxy) is 2. The summed E-state index contributed by atoms with van der Waals surface area (Å²) in [5.74, 6) is 0.577. The number of likely N-dealkylation sites (tertiary alicyclic amines) is 1. The Hall–Kier alpha value is -4.00. The van der Waals surface area contributed by atoms with Crippen molar-refractivity contribution in [2.24, 2.45) is 5.73 Å². The topological polar surface area (TPSA) is 148 Å². The second-order valence-electron chi connectivity index (χ2n) is 11.1. The highest BCUT2D eigenvalue weighted by Crippen LogP contribution is 2.33. The van der Waals surface area contributed by atoms with Crippen molar-refractivity contribution in [2.75, 3.05) is 13.1 Å². The normalized spacial score (nSPS) is 14.8. The SMILES string of the molecule is CC(C)(C)OC(=O)N1CC(Oc2ccc3nc(C(Cc4cccc(C(=N)N)c4)NS(=O)(=O)c4ccccc4)sc3c2)C1. The average Bonchev–Trinajstić information content (AvgIpc) is 3.33. The standard InChI is InChI=1S/C30H33N5O5S2/c1-30(2,3)40-29(36)35-17-22(18-35)39-21-12-13-24-26(16-21)41-28(33-24)25(15-19-8-7-9-20(14-19)27(31)32)34-42(37,38)23-10-5-4-6-11-23/h4-14,16,22,25,34H,15,17-18H2,1-3H3,(H3,31,32). The van der Waals surface area contributed by atoms with Gasteiger partial charge in [0.05, 0.1) is 34.2 Å². The van der Waals surface area contributed by atoms with Crippen molar-refractivity contribution in [2.45, 2.75) is 49.8 Å². The van der Waals surface area contributed by atoms with Gasteiger partial charge >= 0.3 is 6.09 Å². The van der Waals surface area contributed by atoms with Gasteiger partial charge in [-0.3, -0.25) is 5.41 Å². The maximum Gasteiger partial charge on any atom is 0.410 e. The lowest BCUT2D eigenvalue weighted by molar-refractivity contribution is -0.0221. The fraction of sp³-hybridized carbons (Fsp3) is 0.300. The molecule has 3 aromatic carbocycles. The lowest BCUT2D eigenvalue weighted by atomic mass is 10.0. The van der Waals surface area contributed by atoms with Crippen LogP contribution in [0.4, 0.5) is 4.79 Å². The van der Waals surface area contributed by atoms with Crippen LogP contribution in [0.3, 0.4) is 0 Å². The number of amides is 1. The molecule has 1 amide bonds. The Morgan fingerprint density at radius 3 is 2.55 bits per heavy atom. The molecule has 12 heteroatoms. The first-order chi connectivity index (χ1) is 19.9. The number of nitrogen functional groups attached to an aromatic ring is 1. The van der Waals surface area contributed by atoms with Crippen LogP contribution in [-0.2, 0) is 21.2 Å². The monoisotopic (exact) mass is 607 g/mol. The smallest absolute Gasteiger partial charge is 0.410 e. The molecule has 1 atom stereocenters. The number of rotatable bonds is 9. The average molecular weight is 608 g/mol. The molecule has 1 unspecified atom stereocenters. The number of aromatic nitrogens is 1. The number of carbonyl (C=O) groups excluding carboxylic acids is 1. The van der Waals surface area contributed by atoms with Crippen molar-refractivity contribution in [3.63, 3.8) is 0 Å². The molecule has 5 rings (SSSR count). The van der Waals surface area contributed by atoms with Crippen LogP contribution in [0.1, 0.15) is 42.9 Å². The van der Waals surface area contributed by atoms with Gasteiger partial charge in [-0.15, -0.1) is 11.3 Å². The third-order valence-corrected chi connectivity index (χ3v) is 9.13. The molecule has 4 N–H and O–H groups in total. The molecule has 220 valence electrons. The molecule has 4 aromatic rings. The van der Waals surface area contributed by atoms with Crippen LogP contribution >= 0.6 is 11.3 Å². The minimum atomic E-state index is -3.85. The maximum absolute atomic E-state index is 13.3. The molecule has 1 aromatic heterocycles. The Balaban J connectivity index is 1.36. The van der Waals surface area contributed by atoms with Crippen LogP contribution in [-0.4, -0.2) is 55.0 Å². The number of sulfonamides is 1. The van der Waals surface area contributed by atoms with Crippen molar-refractivity contribution in [3.05, 3.63) is 88.9 Å². The molecule has 1 aliphatic rings. The molecule has 0 radical (unpaired) electrons. The lowest BCUT2D eigenvalue weighted by Crippen LogP contribution is -2.57. The summed E-state index contributed by atoms with van der Waals surface area (Å²) in [4.78, 5) is 18.8. The highest BCUT2D eigenvalue weighted by atomic mass is 32.2. The molecule has 0 aliphatic carbocycles. The fourth-order valence-corrected chi connectivity index (χ4v) is 6.80. The Morgan fingerprint density at radius 2 is 1.86 bits per heavy atom. The van der Waals surface area contributed by atoms with Gasteiger partial charge in [0.25, 0.3) is 0 Å². The van der Waals surface area contributed by atoms with Crippen LogP contribution in [0.15, 0.2) is 77.7 Å². The van der Waals surface area contributed by atoms with E-state index in [-0.39, 0.29) is 22.9 Å². The first-order valence-corrected chi connectivity index (χ1v) is 15.7. The van der Waals surface area contributed by atoms with Gasteiger partial charge in [-0.25, -0.2) is 22.9 Å². The van der Waals surface area contributed by atoms with E-state index in [2.05, 4.69) is 4.72 Å². The summed E-state index contributed by atoms with van der Waals surface area (Å²) >= 11 is 1.38. The number of hydrogen-bond acceptors (Lipinski definition) is 8. The number of amidine groups is 1. The van der Waals surface area contributed by atoms with Gasteiger partial charge in [0, 0.05) is 5.56 Å². The van der Waals surface area contributed by atoms with E-state index in [1.165, 1.54) is 11.3 Å². The molecule has 0 saturated carbocycles. The lowest BCUT2D eigenvalue weighted by Gasteiger charge is -2.39. The highest BCUT2D eigenvalue weighted by Gasteiger charge is 2.35. The van der Waals surface area contributed by atoms with E-state index in [0.29, 0.717) is 41.3 Å². The molecule has 1 fully saturated rings. The maximum atomic E-state index is 13.3. The zero-order chi connectivity index (χ0) is 30.1. The van der Waals surface area contributed by atoms with E-state index in [0.717, 1.165) is 10.3 Å².